The number of amides is 1. The van der Waals surface area contributed by atoms with E-state index in [-0.39, 0.29) is 36.1 Å². The first-order valence-electron chi connectivity index (χ1n) is 11.0. The molecule has 1 aliphatic heterocycles. The Labute approximate surface area is 184 Å². The third-order valence-corrected chi connectivity index (χ3v) is 7.56. The first kappa shape index (κ1) is 23.3. The monoisotopic (exact) mass is 449 g/mol. The Bertz CT molecular complexity index is 904. The van der Waals surface area contributed by atoms with Crippen molar-refractivity contribution in [3.05, 3.63) is 35.9 Å². The number of rotatable bonds is 8. The molecule has 1 amide bonds. The van der Waals surface area contributed by atoms with Crippen molar-refractivity contribution < 1.29 is 27.5 Å². The van der Waals surface area contributed by atoms with Crippen molar-refractivity contribution in [1.29, 1.82) is 0 Å². The van der Waals surface area contributed by atoms with Crippen molar-refractivity contribution in [3.8, 4) is 5.75 Å². The Morgan fingerprint density at radius 1 is 1.10 bits per heavy atom. The second-order valence-corrected chi connectivity index (χ2v) is 10.3. The molecule has 0 radical (unpaired) electrons. The first-order valence-corrected chi connectivity index (χ1v) is 12.8. The molecule has 2 aliphatic rings. The van der Waals surface area contributed by atoms with Crippen LogP contribution in [0, 0.1) is 0 Å². The van der Waals surface area contributed by atoms with Crippen LogP contribution < -0.4 is 4.74 Å². The predicted molar refractivity (Wildman–Crippen MR) is 118 cm³/mol. The summed E-state index contributed by atoms with van der Waals surface area (Å²) in [5.74, 6) is -0.170. The van der Waals surface area contributed by atoms with Gasteiger partial charge in [0, 0.05) is 23.7 Å². The number of esters is 1. The van der Waals surface area contributed by atoms with Crippen LogP contribution >= 0.6 is 0 Å². The van der Waals surface area contributed by atoms with E-state index in [2.05, 4.69) is 0 Å². The number of ether oxygens (including phenoxy) is 2. The lowest BCUT2D eigenvalue weighted by Gasteiger charge is -2.38. The summed E-state index contributed by atoms with van der Waals surface area (Å²) in [5, 5.41) is 0. The van der Waals surface area contributed by atoms with E-state index in [1.54, 1.807) is 11.0 Å². The fourth-order valence-corrected chi connectivity index (χ4v) is 6.09. The summed E-state index contributed by atoms with van der Waals surface area (Å²) in [6, 6.07) is 7.03. The predicted octanol–water partition coefficient (Wildman–Crippen LogP) is 2.99. The lowest BCUT2D eigenvalue weighted by atomic mass is 9.93. The maximum atomic E-state index is 13.0. The van der Waals surface area contributed by atoms with Crippen LogP contribution in [0.4, 0.5) is 0 Å². The van der Waals surface area contributed by atoms with Gasteiger partial charge in [0.15, 0.2) is 16.4 Å². The molecule has 0 aromatic heterocycles. The summed E-state index contributed by atoms with van der Waals surface area (Å²) < 4.78 is 34.7. The standard InChI is InChI=1S/C23H31NO6S/c1-2-29-21-11-7-6-8-18(21)12-13-23(26)30-16-22(25)24(19-9-4-3-5-10-19)20-14-15-31(27,28)17-20/h6-8,11-13,19-20H,2-5,9-10,14-17H2,1H3/b13-12+. The van der Waals surface area contributed by atoms with Gasteiger partial charge in [-0.1, -0.05) is 37.5 Å². The van der Waals surface area contributed by atoms with Gasteiger partial charge in [-0.05, 0) is 38.3 Å². The van der Waals surface area contributed by atoms with Gasteiger partial charge in [-0.15, -0.1) is 0 Å². The Balaban J connectivity index is 1.61. The molecule has 1 aromatic rings. The van der Waals surface area contributed by atoms with E-state index >= 15 is 0 Å². The van der Waals surface area contributed by atoms with Crippen LogP contribution in [0.15, 0.2) is 30.3 Å². The van der Waals surface area contributed by atoms with Crippen LogP contribution in [0.2, 0.25) is 0 Å². The molecule has 1 aromatic carbocycles. The summed E-state index contributed by atoms with van der Waals surface area (Å²) in [6.07, 6.45) is 8.23. The largest absolute Gasteiger partial charge is 0.493 e. The molecule has 8 heteroatoms. The van der Waals surface area contributed by atoms with Crippen LogP contribution in [0.25, 0.3) is 6.08 Å². The Hall–Kier alpha value is -2.35. The number of hydrogen-bond acceptors (Lipinski definition) is 6. The van der Waals surface area contributed by atoms with Crippen molar-refractivity contribution in [2.24, 2.45) is 0 Å². The van der Waals surface area contributed by atoms with E-state index in [0.29, 0.717) is 18.8 Å². The lowest BCUT2D eigenvalue weighted by molar-refractivity contribution is -0.151. The first-order chi connectivity index (χ1) is 14.9. The second-order valence-electron chi connectivity index (χ2n) is 8.06. The molecule has 1 saturated carbocycles. The molecule has 0 bridgehead atoms. The van der Waals surface area contributed by atoms with Crippen LogP contribution in [-0.2, 0) is 24.2 Å². The number of para-hydroxylation sites is 1. The van der Waals surface area contributed by atoms with E-state index < -0.39 is 15.8 Å². The summed E-state index contributed by atoms with van der Waals surface area (Å²) in [7, 11) is -3.12. The zero-order valence-electron chi connectivity index (χ0n) is 18.0. The van der Waals surface area contributed by atoms with Crippen molar-refractivity contribution in [3.63, 3.8) is 0 Å². The highest BCUT2D eigenvalue weighted by molar-refractivity contribution is 7.91. The normalized spacial score (nSPS) is 21.1. The smallest absolute Gasteiger partial charge is 0.331 e. The molecule has 0 N–H and O–H groups in total. The van der Waals surface area contributed by atoms with Gasteiger partial charge < -0.3 is 14.4 Å². The molecular weight excluding hydrogens is 418 g/mol. The van der Waals surface area contributed by atoms with Crippen LogP contribution in [0.3, 0.4) is 0 Å². The lowest BCUT2D eigenvalue weighted by Crippen LogP contribution is -2.50. The summed E-state index contributed by atoms with van der Waals surface area (Å²) in [4.78, 5) is 26.9. The summed E-state index contributed by atoms with van der Waals surface area (Å²) >= 11 is 0. The third-order valence-electron chi connectivity index (χ3n) is 5.81. The number of hydrogen-bond donors (Lipinski definition) is 0. The molecule has 1 atom stereocenters. The average Bonchev–Trinajstić information content (AvgIpc) is 3.12. The van der Waals surface area contributed by atoms with Gasteiger partial charge in [-0.3, -0.25) is 4.79 Å². The van der Waals surface area contributed by atoms with Gasteiger partial charge in [0.25, 0.3) is 5.91 Å². The number of nitrogens with zero attached hydrogens (tertiary/aromatic N) is 1. The maximum absolute atomic E-state index is 13.0. The quantitative estimate of drug-likeness (QED) is 0.448. The van der Waals surface area contributed by atoms with E-state index in [0.717, 1.165) is 37.7 Å². The summed E-state index contributed by atoms with van der Waals surface area (Å²) in [5.41, 5.74) is 0.743. The van der Waals surface area contributed by atoms with E-state index in [1.807, 2.05) is 31.2 Å². The fraction of sp³-hybridized carbons (Fsp3) is 0.565. The van der Waals surface area contributed by atoms with Crippen molar-refractivity contribution in [2.45, 2.75) is 57.5 Å². The Kier molecular flexibility index (Phi) is 8.12. The molecule has 31 heavy (non-hydrogen) atoms. The highest BCUT2D eigenvalue weighted by Gasteiger charge is 2.38. The number of sulfone groups is 1. The van der Waals surface area contributed by atoms with Crippen LogP contribution in [0.1, 0.15) is 51.0 Å². The fourth-order valence-electron chi connectivity index (χ4n) is 4.38. The third kappa shape index (κ3) is 6.56. The minimum Gasteiger partial charge on any atom is -0.493 e. The SMILES string of the molecule is CCOc1ccccc1/C=C/C(=O)OCC(=O)N(C1CCCCC1)C1CCS(=O)(=O)C1. The molecule has 1 unspecified atom stereocenters. The molecule has 1 saturated heterocycles. The minimum absolute atomic E-state index is 0.00268. The maximum Gasteiger partial charge on any atom is 0.331 e. The molecular formula is C23H31NO6S. The average molecular weight is 450 g/mol. The van der Waals surface area contributed by atoms with Crippen LogP contribution in [-0.4, -0.2) is 62.0 Å². The van der Waals surface area contributed by atoms with Crippen molar-refractivity contribution >= 4 is 27.8 Å². The molecule has 170 valence electrons. The Morgan fingerprint density at radius 3 is 2.52 bits per heavy atom. The van der Waals surface area contributed by atoms with E-state index in [4.69, 9.17) is 9.47 Å². The molecule has 0 spiro atoms. The van der Waals surface area contributed by atoms with Gasteiger partial charge >= 0.3 is 5.97 Å². The van der Waals surface area contributed by atoms with E-state index in [9.17, 15) is 18.0 Å². The van der Waals surface area contributed by atoms with E-state index in [1.165, 1.54) is 6.08 Å². The van der Waals surface area contributed by atoms with Crippen molar-refractivity contribution in [2.75, 3.05) is 24.7 Å². The molecule has 1 aliphatic carbocycles. The van der Waals surface area contributed by atoms with Gasteiger partial charge in [-0.25, -0.2) is 13.2 Å². The summed E-state index contributed by atoms with van der Waals surface area (Å²) in [6.45, 7) is 2.01. The van der Waals surface area contributed by atoms with Gasteiger partial charge in [0.05, 0.1) is 18.1 Å². The van der Waals surface area contributed by atoms with Gasteiger partial charge in [0.2, 0.25) is 0 Å². The number of carbonyl (C=O) groups is 2. The molecule has 7 nitrogen and oxygen atoms in total. The second kappa shape index (κ2) is 10.8. The van der Waals surface area contributed by atoms with Crippen LogP contribution in [0.5, 0.6) is 5.75 Å². The number of benzene rings is 1. The number of carbonyl (C=O) groups excluding carboxylic acids is 2. The molecule has 2 fully saturated rings. The zero-order valence-corrected chi connectivity index (χ0v) is 18.8. The van der Waals surface area contributed by atoms with Crippen molar-refractivity contribution in [1.82, 2.24) is 4.90 Å². The topological polar surface area (TPSA) is 90.0 Å². The molecule has 3 rings (SSSR count). The highest BCUT2D eigenvalue weighted by atomic mass is 32.2. The Morgan fingerprint density at radius 2 is 1.84 bits per heavy atom. The zero-order chi connectivity index (χ0) is 22.3. The minimum atomic E-state index is -3.12. The van der Waals surface area contributed by atoms with Gasteiger partial charge in [-0.2, -0.15) is 0 Å². The highest BCUT2D eigenvalue weighted by Crippen LogP contribution is 2.28. The van der Waals surface area contributed by atoms with Gasteiger partial charge in [0.1, 0.15) is 5.75 Å². The molecule has 1 heterocycles.